The number of hydrogen-bond acceptors (Lipinski definition) is 0. The highest BCUT2D eigenvalue weighted by atomic mass is 14.1. The molecule has 0 N–H and O–H groups in total. The van der Waals surface area contributed by atoms with Gasteiger partial charge in [0.25, 0.3) is 0 Å². The maximum atomic E-state index is 4.30. The Labute approximate surface area is 327 Å². The molecule has 0 fully saturated rings. The van der Waals surface area contributed by atoms with Gasteiger partial charge in [0.2, 0.25) is 0 Å². The Hall–Kier alpha value is 0. The second-order valence-corrected chi connectivity index (χ2v) is 17.6. The fourth-order valence-corrected chi connectivity index (χ4v) is 8.52. The Morgan fingerprint density at radius 2 is 0.353 bits per heavy atom. The molecule has 0 aromatic carbocycles. The molecule has 0 heteroatoms. The number of rotatable bonds is 47. The smallest absolute Gasteiger partial charge is 0.0414 e. The Morgan fingerprint density at radius 1 is 0.216 bits per heavy atom. The lowest BCUT2D eigenvalue weighted by atomic mass is 9.92. The molecule has 307 valence electrons. The first-order valence-electron chi connectivity index (χ1n) is 25.1. The van der Waals surface area contributed by atoms with Crippen molar-refractivity contribution in [1.29, 1.82) is 0 Å². The predicted octanol–water partition coefficient (Wildman–Crippen LogP) is 19.8. The lowest BCUT2D eigenvalue weighted by Gasteiger charge is -2.14. The van der Waals surface area contributed by atoms with Gasteiger partial charge in [0.15, 0.2) is 0 Å². The van der Waals surface area contributed by atoms with Crippen LogP contribution in [0.25, 0.3) is 0 Å². The summed E-state index contributed by atoms with van der Waals surface area (Å²) < 4.78 is 0. The van der Waals surface area contributed by atoms with Crippen LogP contribution in [-0.2, 0) is 0 Å². The summed E-state index contributed by atoms with van der Waals surface area (Å²) in [6, 6.07) is 0. The van der Waals surface area contributed by atoms with Crippen molar-refractivity contribution in [3.8, 4) is 0 Å². The van der Waals surface area contributed by atoms with Gasteiger partial charge in [0.1, 0.15) is 0 Å². The van der Waals surface area contributed by atoms with E-state index in [0.717, 1.165) is 5.92 Å². The molecule has 0 saturated carbocycles. The van der Waals surface area contributed by atoms with Gasteiger partial charge in [-0.3, -0.25) is 0 Å². The quantitative estimate of drug-likeness (QED) is 0.0550. The lowest BCUT2D eigenvalue weighted by molar-refractivity contribution is 0.404. The number of hydrogen-bond donors (Lipinski definition) is 0. The van der Waals surface area contributed by atoms with Crippen LogP contribution >= 0.6 is 0 Å². The van der Waals surface area contributed by atoms with Crippen LogP contribution in [0, 0.1) is 12.8 Å². The molecule has 1 atom stereocenters. The van der Waals surface area contributed by atoms with E-state index in [1.807, 2.05) is 0 Å². The Balaban J connectivity index is 3.23. The molecular formula is C51H103. The van der Waals surface area contributed by atoms with Gasteiger partial charge >= 0.3 is 0 Å². The SMILES string of the molecule is [CH2]CC(CCCCCCCCCCCCCCCCCCCCCCC)CCCCCCCCCCCCCCCCCCCCCCCCC. The van der Waals surface area contributed by atoms with E-state index in [4.69, 9.17) is 0 Å². The van der Waals surface area contributed by atoms with E-state index in [1.54, 1.807) is 0 Å². The standard InChI is InChI=1S/C51H103/c1-4-7-9-11-13-15-17-19-21-23-25-27-28-30-32-34-36-38-40-42-44-46-48-50-51(6-3)49-47-45-43-41-39-37-35-33-31-29-26-24-22-20-18-16-14-12-10-8-5-2/h51H,3-50H2,1-2H3. The fourth-order valence-electron chi connectivity index (χ4n) is 8.52. The minimum atomic E-state index is 0.903. The lowest BCUT2D eigenvalue weighted by Crippen LogP contribution is -1.99. The van der Waals surface area contributed by atoms with Gasteiger partial charge in [-0.05, 0) is 5.92 Å². The first-order chi connectivity index (χ1) is 25.3. The Bertz CT molecular complexity index is 564. The molecule has 0 nitrogen and oxygen atoms in total. The molecule has 0 saturated heterocycles. The van der Waals surface area contributed by atoms with Crippen LogP contribution in [0.4, 0.5) is 0 Å². The second-order valence-electron chi connectivity index (χ2n) is 17.6. The molecule has 0 spiro atoms. The summed E-state index contributed by atoms with van der Waals surface area (Å²) in [6.07, 6.45) is 69.0. The third-order valence-corrected chi connectivity index (χ3v) is 12.3. The first kappa shape index (κ1) is 51.0. The maximum absolute atomic E-state index is 4.30. The van der Waals surface area contributed by atoms with E-state index in [0.29, 0.717) is 0 Å². The fraction of sp³-hybridized carbons (Fsp3) is 0.980. The van der Waals surface area contributed by atoms with Crippen molar-refractivity contribution in [3.05, 3.63) is 6.92 Å². The highest BCUT2D eigenvalue weighted by Crippen LogP contribution is 2.22. The van der Waals surface area contributed by atoms with Crippen molar-refractivity contribution in [3.63, 3.8) is 0 Å². The Kier molecular flexibility index (Phi) is 48.0. The molecule has 0 aromatic heterocycles. The molecule has 0 amide bonds. The van der Waals surface area contributed by atoms with E-state index in [-0.39, 0.29) is 0 Å². The molecule has 0 aromatic rings. The summed E-state index contributed by atoms with van der Waals surface area (Å²) in [5, 5.41) is 0. The van der Waals surface area contributed by atoms with Gasteiger partial charge in [-0.2, -0.15) is 0 Å². The largest absolute Gasteiger partial charge is 0.0654 e. The highest BCUT2D eigenvalue weighted by molar-refractivity contribution is 4.62. The van der Waals surface area contributed by atoms with Crippen molar-refractivity contribution in [2.24, 2.45) is 5.92 Å². The maximum Gasteiger partial charge on any atom is -0.0414 e. The normalized spacial score (nSPS) is 12.3. The summed E-state index contributed by atoms with van der Waals surface area (Å²) >= 11 is 0. The minimum absolute atomic E-state index is 0.903. The van der Waals surface area contributed by atoms with Crippen molar-refractivity contribution >= 4 is 0 Å². The Morgan fingerprint density at radius 3 is 0.490 bits per heavy atom. The van der Waals surface area contributed by atoms with Crippen molar-refractivity contribution < 1.29 is 0 Å². The van der Waals surface area contributed by atoms with Gasteiger partial charge in [0.05, 0.1) is 0 Å². The zero-order valence-corrected chi connectivity index (χ0v) is 36.5. The summed E-state index contributed by atoms with van der Waals surface area (Å²) in [7, 11) is 0. The first-order valence-corrected chi connectivity index (χ1v) is 25.1. The van der Waals surface area contributed by atoms with Crippen LogP contribution < -0.4 is 0 Å². The van der Waals surface area contributed by atoms with Crippen molar-refractivity contribution in [1.82, 2.24) is 0 Å². The molecule has 0 aliphatic carbocycles. The van der Waals surface area contributed by atoms with Crippen LogP contribution in [0.5, 0.6) is 0 Å². The molecule has 0 aliphatic rings. The summed E-state index contributed by atoms with van der Waals surface area (Å²) in [4.78, 5) is 0. The third-order valence-electron chi connectivity index (χ3n) is 12.3. The molecule has 0 bridgehead atoms. The topological polar surface area (TPSA) is 0 Å². The van der Waals surface area contributed by atoms with Gasteiger partial charge in [0, 0.05) is 0 Å². The zero-order valence-electron chi connectivity index (χ0n) is 36.5. The summed E-state index contributed by atoms with van der Waals surface area (Å²) in [5.74, 6) is 0.903. The number of unbranched alkanes of at least 4 members (excludes halogenated alkanes) is 42. The third kappa shape index (κ3) is 46.1. The van der Waals surface area contributed by atoms with Crippen LogP contribution in [0.1, 0.15) is 316 Å². The molecular weight excluding hydrogens is 613 g/mol. The average molecular weight is 716 g/mol. The van der Waals surface area contributed by atoms with E-state index >= 15 is 0 Å². The summed E-state index contributed by atoms with van der Waals surface area (Å²) in [6.45, 7) is 8.92. The average Bonchev–Trinajstić information content (AvgIpc) is 3.14. The minimum Gasteiger partial charge on any atom is -0.0654 e. The molecule has 0 aliphatic heterocycles. The van der Waals surface area contributed by atoms with Gasteiger partial charge in [-0.15, -0.1) is 0 Å². The van der Waals surface area contributed by atoms with E-state index in [9.17, 15) is 0 Å². The van der Waals surface area contributed by atoms with Crippen molar-refractivity contribution in [2.45, 2.75) is 316 Å². The second kappa shape index (κ2) is 48.0. The zero-order chi connectivity index (χ0) is 36.8. The summed E-state index contributed by atoms with van der Waals surface area (Å²) in [5.41, 5.74) is 0. The van der Waals surface area contributed by atoms with Crippen LogP contribution in [0.3, 0.4) is 0 Å². The molecule has 1 unspecified atom stereocenters. The van der Waals surface area contributed by atoms with Crippen LogP contribution in [-0.4, -0.2) is 0 Å². The van der Waals surface area contributed by atoms with Crippen LogP contribution in [0.15, 0.2) is 0 Å². The van der Waals surface area contributed by atoms with E-state index in [2.05, 4.69) is 20.8 Å². The van der Waals surface area contributed by atoms with Crippen molar-refractivity contribution in [2.75, 3.05) is 0 Å². The van der Waals surface area contributed by atoms with Crippen LogP contribution in [0.2, 0.25) is 0 Å². The van der Waals surface area contributed by atoms with E-state index < -0.39 is 0 Å². The molecule has 51 heavy (non-hydrogen) atoms. The molecule has 0 heterocycles. The monoisotopic (exact) mass is 716 g/mol. The highest BCUT2D eigenvalue weighted by Gasteiger charge is 2.06. The van der Waals surface area contributed by atoms with Gasteiger partial charge in [-0.1, -0.05) is 323 Å². The van der Waals surface area contributed by atoms with Gasteiger partial charge in [-0.25, -0.2) is 0 Å². The predicted molar refractivity (Wildman–Crippen MR) is 237 cm³/mol. The molecule has 1 radical (unpaired) electrons. The molecule has 0 rings (SSSR count). The van der Waals surface area contributed by atoms with E-state index in [1.165, 1.54) is 302 Å². The van der Waals surface area contributed by atoms with Gasteiger partial charge < -0.3 is 0 Å².